The van der Waals surface area contributed by atoms with Gasteiger partial charge in [0.25, 0.3) is 0 Å². The number of hydrogen-bond donors (Lipinski definition) is 0. The van der Waals surface area contributed by atoms with Gasteiger partial charge < -0.3 is 4.74 Å². The number of aldehydes is 1. The molecule has 5 heteroatoms. The average Bonchev–Trinajstić information content (AvgIpc) is 2.34. The Balaban J connectivity index is 2.36. The van der Waals surface area contributed by atoms with Crippen LogP contribution in [0.5, 0.6) is 11.5 Å². The molecule has 2 aromatic rings. The zero-order valence-electron chi connectivity index (χ0n) is 8.99. The van der Waals surface area contributed by atoms with Crippen molar-refractivity contribution in [2.45, 2.75) is 0 Å². The van der Waals surface area contributed by atoms with Gasteiger partial charge in [0.2, 0.25) is 0 Å². The zero-order chi connectivity index (χ0) is 13.1. The van der Waals surface area contributed by atoms with E-state index in [4.69, 9.17) is 27.9 Å². The van der Waals surface area contributed by atoms with E-state index in [1.165, 1.54) is 0 Å². The van der Waals surface area contributed by atoms with Gasteiger partial charge in [0.15, 0.2) is 6.29 Å². The molecule has 0 N–H and O–H groups in total. The number of carbonyl (C=O) groups excluding carboxylic acids is 1. The Morgan fingerprint density at radius 1 is 1.00 bits per heavy atom. The van der Waals surface area contributed by atoms with E-state index in [0.717, 1.165) is 0 Å². The van der Waals surface area contributed by atoms with Crippen molar-refractivity contribution in [1.82, 2.24) is 0 Å². The Morgan fingerprint density at radius 3 is 2.22 bits per heavy atom. The maximum Gasteiger partial charge on any atom is 0.153 e. The number of carbonyl (C=O) groups is 1. The highest BCUT2D eigenvalue weighted by Crippen LogP contribution is 2.33. The lowest BCUT2D eigenvalue weighted by molar-refractivity contribution is 0.112. The molecule has 0 atom stereocenters. The fourth-order valence-corrected chi connectivity index (χ4v) is 2.32. The highest BCUT2D eigenvalue weighted by Gasteiger charge is 2.08. The second-order valence-electron chi connectivity index (χ2n) is 3.48. The van der Waals surface area contributed by atoms with Crippen LogP contribution in [0.2, 0.25) is 10.0 Å². The molecule has 18 heavy (non-hydrogen) atoms. The van der Waals surface area contributed by atoms with E-state index in [1.54, 1.807) is 36.4 Å². The van der Waals surface area contributed by atoms with Crippen LogP contribution in [0, 0.1) is 0 Å². The third kappa shape index (κ3) is 3.05. The summed E-state index contributed by atoms with van der Waals surface area (Å²) in [4.78, 5) is 10.9. The highest BCUT2D eigenvalue weighted by molar-refractivity contribution is 9.10. The molecule has 0 aromatic heterocycles. The summed E-state index contributed by atoms with van der Waals surface area (Å²) in [5.41, 5.74) is 0.393. The van der Waals surface area contributed by atoms with Gasteiger partial charge in [0, 0.05) is 10.0 Å². The van der Waals surface area contributed by atoms with Crippen LogP contribution in [-0.2, 0) is 0 Å². The fourth-order valence-electron chi connectivity index (χ4n) is 1.38. The van der Waals surface area contributed by atoms with Gasteiger partial charge in [-0.05, 0) is 52.3 Å². The summed E-state index contributed by atoms with van der Waals surface area (Å²) >= 11 is 15.0. The smallest absolute Gasteiger partial charge is 0.153 e. The molecule has 2 rings (SSSR count). The molecule has 0 amide bonds. The first-order valence-electron chi connectivity index (χ1n) is 4.98. The summed E-state index contributed by atoms with van der Waals surface area (Å²) in [6.07, 6.45) is 0.699. The van der Waals surface area contributed by atoms with E-state index in [9.17, 15) is 4.79 Å². The zero-order valence-corrected chi connectivity index (χ0v) is 12.1. The summed E-state index contributed by atoms with van der Waals surface area (Å²) in [5, 5.41) is 1.08. The summed E-state index contributed by atoms with van der Waals surface area (Å²) < 4.78 is 6.36. The Bertz CT molecular complexity index is 600. The fraction of sp³-hybridized carbons (Fsp3) is 0. The first-order valence-corrected chi connectivity index (χ1v) is 6.52. The first kappa shape index (κ1) is 13.4. The molecule has 0 bridgehead atoms. The molecular weight excluding hydrogens is 339 g/mol. The van der Waals surface area contributed by atoms with E-state index < -0.39 is 0 Å². The molecule has 2 aromatic carbocycles. The lowest BCUT2D eigenvalue weighted by atomic mass is 10.2. The Labute approximate surface area is 123 Å². The van der Waals surface area contributed by atoms with Gasteiger partial charge in [0.05, 0.1) is 10.0 Å². The molecule has 0 heterocycles. The Morgan fingerprint density at radius 2 is 1.61 bits per heavy atom. The largest absolute Gasteiger partial charge is 0.455 e. The van der Waals surface area contributed by atoms with Crippen LogP contribution in [-0.4, -0.2) is 6.29 Å². The van der Waals surface area contributed by atoms with E-state index >= 15 is 0 Å². The summed E-state index contributed by atoms with van der Waals surface area (Å²) in [7, 11) is 0. The molecule has 0 spiro atoms. The molecule has 2 nitrogen and oxygen atoms in total. The van der Waals surface area contributed by atoms with Crippen LogP contribution >= 0.6 is 39.1 Å². The Kier molecular flexibility index (Phi) is 4.27. The quantitative estimate of drug-likeness (QED) is 0.700. The summed E-state index contributed by atoms with van der Waals surface area (Å²) in [6.45, 7) is 0. The average molecular weight is 346 g/mol. The van der Waals surface area contributed by atoms with Crippen LogP contribution in [0.3, 0.4) is 0 Å². The summed E-state index contributed by atoms with van der Waals surface area (Å²) in [5.74, 6) is 1.02. The van der Waals surface area contributed by atoms with Crippen molar-refractivity contribution in [1.29, 1.82) is 0 Å². The standard InChI is InChI=1S/C13H7BrCl2O2/c14-11-6-10(16)2-4-13(11)18-12-3-1-9(15)5-8(12)7-17/h1-7H. The lowest BCUT2D eigenvalue weighted by Gasteiger charge is -2.10. The second kappa shape index (κ2) is 5.74. The van der Waals surface area contributed by atoms with Crippen LogP contribution in [0.15, 0.2) is 40.9 Å². The molecule has 0 fully saturated rings. The molecule has 0 aliphatic carbocycles. The van der Waals surface area contributed by atoms with Crippen molar-refractivity contribution in [2.24, 2.45) is 0 Å². The van der Waals surface area contributed by atoms with E-state index in [2.05, 4.69) is 15.9 Å². The number of benzene rings is 2. The molecular formula is C13H7BrCl2O2. The van der Waals surface area contributed by atoms with Crippen molar-refractivity contribution in [2.75, 3.05) is 0 Å². The molecule has 0 radical (unpaired) electrons. The third-order valence-corrected chi connectivity index (χ3v) is 3.30. The maximum atomic E-state index is 10.9. The van der Waals surface area contributed by atoms with E-state index in [0.29, 0.717) is 37.9 Å². The Hall–Kier alpha value is -1.03. The minimum Gasteiger partial charge on any atom is -0.455 e. The monoisotopic (exact) mass is 344 g/mol. The topological polar surface area (TPSA) is 26.3 Å². The first-order chi connectivity index (χ1) is 8.60. The second-order valence-corrected chi connectivity index (χ2v) is 5.20. The van der Waals surface area contributed by atoms with E-state index in [-0.39, 0.29) is 0 Å². The maximum absolute atomic E-state index is 10.9. The van der Waals surface area contributed by atoms with Crippen LogP contribution in [0.4, 0.5) is 0 Å². The third-order valence-electron chi connectivity index (χ3n) is 2.21. The van der Waals surface area contributed by atoms with E-state index in [1.807, 2.05) is 0 Å². The van der Waals surface area contributed by atoms with Crippen molar-refractivity contribution in [3.8, 4) is 11.5 Å². The summed E-state index contributed by atoms with van der Waals surface area (Å²) in [6, 6.07) is 10.00. The normalized spacial score (nSPS) is 10.2. The number of hydrogen-bond acceptors (Lipinski definition) is 2. The van der Waals surface area contributed by atoms with Crippen LogP contribution in [0.25, 0.3) is 0 Å². The molecule has 92 valence electrons. The van der Waals surface area contributed by atoms with Gasteiger partial charge in [-0.25, -0.2) is 0 Å². The predicted molar refractivity (Wildman–Crippen MR) is 76.1 cm³/mol. The van der Waals surface area contributed by atoms with Crippen molar-refractivity contribution < 1.29 is 9.53 Å². The SMILES string of the molecule is O=Cc1cc(Cl)ccc1Oc1ccc(Cl)cc1Br. The molecule has 0 aliphatic heterocycles. The van der Waals surface area contributed by atoms with Gasteiger partial charge in [-0.2, -0.15) is 0 Å². The van der Waals surface area contributed by atoms with Gasteiger partial charge in [-0.15, -0.1) is 0 Å². The molecule has 0 saturated carbocycles. The minimum absolute atomic E-state index is 0.393. The molecule has 0 saturated heterocycles. The van der Waals surface area contributed by atoms with Crippen molar-refractivity contribution >= 4 is 45.4 Å². The van der Waals surface area contributed by atoms with Gasteiger partial charge in [0.1, 0.15) is 11.5 Å². The minimum atomic E-state index is 0.393. The lowest BCUT2D eigenvalue weighted by Crippen LogP contribution is -1.91. The van der Waals surface area contributed by atoms with Crippen molar-refractivity contribution in [3.63, 3.8) is 0 Å². The molecule has 0 aliphatic rings. The number of halogens is 3. The number of ether oxygens (including phenoxy) is 1. The predicted octanol–water partition coefficient (Wildman–Crippen LogP) is 5.36. The highest BCUT2D eigenvalue weighted by atomic mass is 79.9. The number of rotatable bonds is 3. The van der Waals surface area contributed by atoms with Crippen molar-refractivity contribution in [3.05, 3.63) is 56.5 Å². The van der Waals surface area contributed by atoms with Gasteiger partial charge >= 0.3 is 0 Å². The van der Waals surface area contributed by atoms with Gasteiger partial charge in [-0.3, -0.25) is 4.79 Å². The van der Waals surface area contributed by atoms with Gasteiger partial charge in [-0.1, -0.05) is 23.2 Å². The van der Waals surface area contributed by atoms with Crippen LogP contribution < -0.4 is 4.74 Å². The molecule has 0 unspecified atom stereocenters. The van der Waals surface area contributed by atoms with Crippen LogP contribution in [0.1, 0.15) is 10.4 Å².